The average molecular weight is 429 g/mol. The Morgan fingerprint density at radius 1 is 1.25 bits per heavy atom. The fraction of sp³-hybridized carbons (Fsp3) is 0.261. The Kier molecular flexibility index (Phi) is 5.14. The van der Waals surface area contributed by atoms with Crippen LogP contribution in [0.2, 0.25) is 0 Å². The van der Waals surface area contributed by atoms with Crippen molar-refractivity contribution < 1.29 is 9.53 Å². The molecule has 9 nitrogen and oxygen atoms in total. The Morgan fingerprint density at radius 2 is 2.12 bits per heavy atom. The van der Waals surface area contributed by atoms with Crippen molar-refractivity contribution in [1.29, 1.82) is 0 Å². The molecule has 1 aliphatic carbocycles. The largest absolute Gasteiger partial charge is 0.501 e. The number of pyridine rings is 3. The molecule has 162 valence electrons. The molecule has 5 rings (SSSR count). The van der Waals surface area contributed by atoms with Crippen LogP contribution >= 0.6 is 0 Å². The van der Waals surface area contributed by atoms with Crippen molar-refractivity contribution in [3.8, 4) is 11.4 Å². The van der Waals surface area contributed by atoms with Gasteiger partial charge in [0.25, 0.3) is 0 Å². The zero-order valence-electron chi connectivity index (χ0n) is 17.9. The summed E-state index contributed by atoms with van der Waals surface area (Å²) in [5.41, 5.74) is 2.31. The number of fused-ring (bicyclic) bond motifs is 2. The molecule has 4 aromatic rings. The molecule has 0 saturated heterocycles. The van der Waals surface area contributed by atoms with Crippen molar-refractivity contribution >= 4 is 40.0 Å². The van der Waals surface area contributed by atoms with Gasteiger partial charge in [-0.25, -0.2) is 19.5 Å². The minimum Gasteiger partial charge on any atom is -0.501 e. The van der Waals surface area contributed by atoms with Gasteiger partial charge in [0.2, 0.25) is 5.91 Å². The molecule has 0 bridgehead atoms. The van der Waals surface area contributed by atoms with Gasteiger partial charge in [-0.05, 0) is 44.0 Å². The van der Waals surface area contributed by atoms with Crippen LogP contribution in [0.3, 0.4) is 0 Å². The van der Waals surface area contributed by atoms with E-state index in [9.17, 15) is 4.79 Å². The standard InChI is InChI=1S/C23H23N7O2/c1-3-32-10-9-15-5-4-6-20-28-22(29-30(15)20)18-13-26-21(24-2)17-12-25-19(11-16(17)18)27-23(31)14-7-8-14/h4-6,9-14H,3,7-8H2,1-2H3,(H,24,26)(H,25,27,31)/b10-9-. The molecule has 0 spiro atoms. The molecule has 1 aliphatic rings. The summed E-state index contributed by atoms with van der Waals surface area (Å²) in [6.07, 6.45) is 8.82. The molecule has 4 heterocycles. The average Bonchev–Trinajstić information content (AvgIpc) is 3.57. The van der Waals surface area contributed by atoms with Gasteiger partial charge in [0.05, 0.1) is 18.6 Å². The lowest BCUT2D eigenvalue weighted by Gasteiger charge is -2.10. The summed E-state index contributed by atoms with van der Waals surface area (Å²) < 4.78 is 7.09. The third-order valence-electron chi connectivity index (χ3n) is 5.34. The van der Waals surface area contributed by atoms with E-state index in [-0.39, 0.29) is 11.8 Å². The number of ether oxygens (including phenoxy) is 1. The summed E-state index contributed by atoms with van der Waals surface area (Å²) in [4.78, 5) is 25.9. The van der Waals surface area contributed by atoms with E-state index < -0.39 is 0 Å². The fourth-order valence-corrected chi connectivity index (χ4v) is 3.53. The van der Waals surface area contributed by atoms with Crippen LogP contribution in [0.25, 0.3) is 33.9 Å². The quantitative estimate of drug-likeness (QED) is 0.431. The summed E-state index contributed by atoms with van der Waals surface area (Å²) >= 11 is 0. The smallest absolute Gasteiger partial charge is 0.228 e. The van der Waals surface area contributed by atoms with E-state index >= 15 is 0 Å². The molecule has 0 unspecified atom stereocenters. The number of amides is 1. The third-order valence-corrected chi connectivity index (χ3v) is 5.34. The maximum Gasteiger partial charge on any atom is 0.228 e. The Morgan fingerprint density at radius 3 is 2.91 bits per heavy atom. The second-order valence-corrected chi connectivity index (χ2v) is 7.56. The molecule has 1 amide bonds. The number of hydrogen-bond donors (Lipinski definition) is 2. The minimum atomic E-state index is 0.0119. The van der Waals surface area contributed by atoms with Gasteiger partial charge in [-0.2, -0.15) is 0 Å². The topological polar surface area (TPSA) is 106 Å². The van der Waals surface area contributed by atoms with Crippen LogP contribution in [-0.2, 0) is 9.53 Å². The van der Waals surface area contributed by atoms with Gasteiger partial charge in [-0.15, -0.1) is 5.10 Å². The van der Waals surface area contributed by atoms with Gasteiger partial charge in [0.1, 0.15) is 11.6 Å². The van der Waals surface area contributed by atoms with Crippen molar-refractivity contribution in [1.82, 2.24) is 24.6 Å². The predicted molar refractivity (Wildman–Crippen MR) is 123 cm³/mol. The van der Waals surface area contributed by atoms with E-state index in [1.54, 1.807) is 23.2 Å². The number of nitrogens with one attached hydrogen (secondary N) is 2. The number of rotatable bonds is 7. The summed E-state index contributed by atoms with van der Waals surface area (Å²) in [5, 5.41) is 12.4. The van der Waals surface area contributed by atoms with Gasteiger partial charge < -0.3 is 15.4 Å². The van der Waals surface area contributed by atoms with Gasteiger partial charge >= 0.3 is 0 Å². The summed E-state index contributed by atoms with van der Waals surface area (Å²) in [5.74, 6) is 1.85. The number of hydrogen-bond acceptors (Lipinski definition) is 7. The zero-order chi connectivity index (χ0) is 22.1. The first-order valence-corrected chi connectivity index (χ1v) is 10.6. The highest BCUT2D eigenvalue weighted by Gasteiger charge is 2.30. The van der Waals surface area contributed by atoms with Gasteiger partial charge in [0, 0.05) is 41.7 Å². The normalized spacial score (nSPS) is 13.7. The molecule has 1 saturated carbocycles. The Hall–Kier alpha value is -4.01. The van der Waals surface area contributed by atoms with Crippen LogP contribution in [0.4, 0.5) is 11.6 Å². The fourth-order valence-electron chi connectivity index (χ4n) is 3.53. The molecule has 0 aromatic carbocycles. The van der Waals surface area contributed by atoms with E-state index in [0.29, 0.717) is 29.7 Å². The highest BCUT2D eigenvalue weighted by Crippen LogP contribution is 2.33. The number of aromatic nitrogens is 5. The van der Waals surface area contributed by atoms with Crippen LogP contribution in [0, 0.1) is 5.92 Å². The molecular weight excluding hydrogens is 406 g/mol. The van der Waals surface area contributed by atoms with E-state index in [1.807, 2.05) is 44.3 Å². The number of anilines is 2. The molecule has 9 heteroatoms. The Labute approximate surface area is 184 Å². The minimum absolute atomic E-state index is 0.0119. The molecule has 1 fully saturated rings. The van der Waals surface area contributed by atoms with E-state index in [1.165, 1.54) is 0 Å². The lowest BCUT2D eigenvalue weighted by molar-refractivity contribution is -0.117. The third kappa shape index (κ3) is 3.73. The van der Waals surface area contributed by atoms with Crippen molar-refractivity contribution in [2.24, 2.45) is 5.92 Å². The van der Waals surface area contributed by atoms with Crippen LogP contribution in [-0.4, -0.2) is 44.1 Å². The summed E-state index contributed by atoms with van der Waals surface area (Å²) in [6.45, 7) is 2.53. The highest BCUT2D eigenvalue weighted by atomic mass is 16.5. The van der Waals surface area contributed by atoms with Crippen molar-refractivity contribution in [2.75, 3.05) is 24.3 Å². The van der Waals surface area contributed by atoms with E-state index in [0.717, 1.165) is 34.9 Å². The first-order valence-electron chi connectivity index (χ1n) is 10.6. The van der Waals surface area contributed by atoms with Crippen molar-refractivity contribution in [3.05, 3.63) is 48.6 Å². The number of carbonyl (C=O) groups excluding carboxylic acids is 1. The number of nitrogens with zero attached hydrogens (tertiary/aromatic N) is 5. The maximum atomic E-state index is 12.2. The monoisotopic (exact) mass is 429 g/mol. The molecule has 2 N–H and O–H groups in total. The van der Waals surface area contributed by atoms with Crippen LogP contribution in [0.5, 0.6) is 0 Å². The highest BCUT2D eigenvalue weighted by molar-refractivity contribution is 6.03. The first kappa shape index (κ1) is 19.9. The molecular formula is C23H23N7O2. The number of carbonyl (C=O) groups is 1. The summed E-state index contributed by atoms with van der Waals surface area (Å²) in [7, 11) is 1.81. The second kappa shape index (κ2) is 8.26. The summed E-state index contributed by atoms with van der Waals surface area (Å²) in [6, 6.07) is 7.62. The van der Waals surface area contributed by atoms with Crippen LogP contribution in [0.15, 0.2) is 42.9 Å². The van der Waals surface area contributed by atoms with E-state index in [4.69, 9.17) is 14.8 Å². The molecule has 0 aliphatic heterocycles. The van der Waals surface area contributed by atoms with Gasteiger partial charge in [-0.1, -0.05) is 6.07 Å². The van der Waals surface area contributed by atoms with Crippen LogP contribution in [0.1, 0.15) is 25.5 Å². The SMILES string of the molecule is CCO/C=C\c1cccc2nc(-c3cnc(NC)c4cnc(NC(=O)C5CC5)cc34)nn12. The van der Waals surface area contributed by atoms with Crippen molar-refractivity contribution in [2.45, 2.75) is 19.8 Å². The van der Waals surface area contributed by atoms with Gasteiger partial charge in [-0.3, -0.25) is 4.79 Å². The Balaban J connectivity index is 1.61. The van der Waals surface area contributed by atoms with Gasteiger partial charge in [0.15, 0.2) is 11.5 Å². The molecule has 4 aromatic heterocycles. The first-order chi connectivity index (χ1) is 15.7. The van der Waals surface area contributed by atoms with Crippen LogP contribution < -0.4 is 10.6 Å². The Bertz CT molecular complexity index is 1340. The predicted octanol–water partition coefficient (Wildman–Crippen LogP) is 3.74. The molecule has 32 heavy (non-hydrogen) atoms. The lowest BCUT2D eigenvalue weighted by atomic mass is 10.1. The maximum absolute atomic E-state index is 12.2. The zero-order valence-corrected chi connectivity index (χ0v) is 17.9. The van der Waals surface area contributed by atoms with Crippen molar-refractivity contribution in [3.63, 3.8) is 0 Å². The van der Waals surface area contributed by atoms with E-state index in [2.05, 4.69) is 20.6 Å². The molecule has 0 radical (unpaired) electrons. The lowest BCUT2D eigenvalue weighted by Crippen LogP contribution is -2.14. The molecule has 0 atom stereocenters. The second-order valence-electron chi connectivity index (χ2n) is 7.56.